The van der Waals surface area contributed by atoms with Crippen LogP contribution in [0.2, 0.25) is 0 Å². The Morgan fingerprint density at radius 2 is 1.60 bits per heavy atom. The molecule has 0 aromatic heterocycles. The zero-order valence-electron chi connectivity index (χ0n) is 11.1. The van der Waals surface area contributed by atoms with Crippen molar-refractivity contribution in [1.29, 1.82) is 0 Å². The van der Waals surface area contributed by atoms with Gasteiger partial charge in [0.25, 0.3) is 5.91 Å². The van der Waals surface area contributed by atoms with E-state index in [0.717, 1.165) is 18.5 Å². The normalized spacial score (nSPS) is 13.8. The molecule has 1 aliphatic carbocycles. The summed E-state index contributed by atoms with van der Waals surface area (Å²) in [6.45, 7) is 0. The van der Waals surface area contributed by atoms with E-state index in [2.05, 4.69) is 35.0 Å². The van der Waals surface area contributed by atoms with Crippen molar-refractivity contribution in [1.82, 2.24) is 5.43 Å². The summed E-state index contributed by atoms with van der Waals surface area (Å²) in [7, 11) is 0. The van der Waals surface area contributed by atoms with Gasteiger partial charge in [0.05, 0.1) is 0 Å². The van der Waals surface area contributed by atoms with E-state index in [1.165, 1.54) is 11.1 Å². The highest BCUT2D eigenvalue weighted by Crippen LogP contribution is 2.24. The van der Waals surface area contributed by atoms with E-state index in [1.807, 2.05) is 12.1 Å². The van der Waals surface area contributed by atoms with E-state index >= 15 is 0 Å². The lowest BCUT2D eigenvalue weighted by molar-refractivity contribution is 0.0953. The Balaban J connectivity index is 1.66. The van der Waals surface area contributed by atoms with Gasteiger partial charge in [0.1, 0.15) is 0 Å². The van der Waals surface area contributed by atoms with E-state index in [1.54, 1.807) is 12.1 Å². The van der Waals surface area contributed by atoms with Crippen LogP contribution in [0.1, 0.15) is 21.5 Å². The van der Waals surface area contributed by atoms with Crippen molar-refractivity contribution in [3.05, 3.63) is 65.2 Å². The summed E-state index contributed by atoms with van der Waals surface area (Å²) in [6.07, 6.45) is 2.09. The Morgan fingerprint density at radius 3 is 2.15 bits per heavy atom. The van der Waals surface area contributed by atoms with Gasteiger partial charge in [-0.05, 0) is 48.2 Å². The number of carbonyl (C=O) groups is 1. The first kappa shape index (κ1) is 12.7. The first-order valence-corrected chi connectivity index (χ1v) is 6.70. The number of fused-ring (bicyclic) bond motifs is 1. The van der Waals surface area contributed by atoms with Gasteiger partial charge in [0.2, 0.25) is 0 Å². The highest BCUT2D eigenvalue weighted by molar-refractivity contribution is 5.94. The average molecular weight is 267 g/mol. The van der Waals surface area contributed by atoms with Crippen LogP contribution in [0, 0.1) is 0 Å². The zero-order valence-corrected chi connectivity index (χ0v) is 11.1. The Hall–Kier alpha value is -2.33. The first-order valence-electron chi connectivity index (χ1n) is 6.70. The lowest BCUT2D eigenvalue weighted by atomic mass is 10.1. The molecule has 3 rings (SSSR count). The molecule has 0 atom stereocenters. The lowest BCUT2D eigenvalue weighted by Gasteiger charge is -2.13. The molecule has 4 nitrogen and oxygen atoms in total. The summed E-state index contributed by atoms with van der Waals surface area (Å²) in [5.41, 5.74) is 6.55. The van der Waals surface area contributed by atoms with E-state index < -0.39 is 0 Å². The van der Waals surface area contributed by atoms with Crippen LogP contribution in [-0.4, -0.2) is 11.9 Å². The van der Waals surface area contributed by atoms with Gasteiger partial charge >= 0.3 is 0 Å². The standard InChI is InChI=1S/C16H17N3O/c17-19-16(20)11-5-7-14(8-6-11)18-15-9-12-3-1-2-4-13(12)10-15/h1-8,15,18H,9-10,17H2,(H,19,20). The van der Waals surface area contributed by atoms with E-state index in [4.69, 9.17) is 5.84 Å². The maximum Gasteiger partial charge on any atom is 0.265 e. The minimum Gasteiger partial charge on any atom is -0.382 e. The van der Waals surface area contributed by atoms with Crippen molar-refractivity contribution in [2.24, 2.45) is 5.84 Å². The summed E-state index contributed by atoms with van der Waals surface area (Å²) < 4.78 is 0. The van der Waals surface area contributed by atoms with Crippen LogP contribution in [0.15, 0.2) is 48.5 Å². The van der Waals surface area contributed by atoms with Crippen molar-refractivity contribution < 1.29 is 4.79 Å². The third kappa shape index (κ3) is 2.51. The smallest absolute Gasteiger partial charge is 0.265 e. The highest BCUT2D eigenvalue weighted by Gasteiger charge is 2.20. The van der Waals surface area contributed by atoms with Crippen LogP contribution in [0.4, 0.5) is 5.69 Å². The largest absolute Gasteiger partial charge is 0.382 e. The minimum atomic E-state index is -0.273. The van der Waals surface area contributed by atoms with Crippen LogP contribution in [0.3, 0.4) is 0 Å². The number of nitrogens with two attached hydrogens (primary N) is 1. The number of anilines is 1. The van der Waals surface area contributed by atoms with Gasteiger partial charge in [-0.2, -0.15) is 0 Å². The predicted molar refractivity (Wildman–Crippen MR) is 79.4 cm³/mol. The van der Waals surface area contributed by atoms with E-state index in [9.17, 15) is 4.79 Å². The molecule has 0 radical (unpaired) electrons. The van der Waals surface area contributed by atoms with Crippen LogP contribution in [0.25, 0.3) is 0 Å². The fraction of sp³-hybridized carbons (Fsp3) is 0.188. The maximum absolute atomic E-state index is 11.4. The van der Waals surface area contributed by atoms with Gasteiger partial charge in [-0.3, -0.25) is 10.2 Å². The molecule has 4 heteroatoms. The molecule has 0 bridgehead atoms. The molecule has 1 amide bonds. The monoisotopic (exact) mass is 267 g/mol. The number of hydrogen-bond acceptors (Lipinski definition) is 3. The summed E-state index contributed by atoms with van der Waals surface area (Å²) in [5.74, 6) is 4.83. The quantitative estimate of drug-likeness (QED) is 0.452. The number of hydrazine groups is 1. The molecule has 0 heterocycles. The summed E-state index contributed by atoms with van der Waals surface area (Å²) in [6, 6.07) is 16.3. The second kappa shape index (κ2) is 5.35. The Morgan fingerprint density at radius 1 is 1.00 bits per heavy atom. The van der Waals surface area contributed by atoms with Crippen LogP contribution >= 0.6 is 0 Å². The number of hydrogen-bond donors (Lipinski definition) is 3. The number of carbonyl (C=O) groups excluding carboxylic acids is 1. The Kier molecular flexibility index (Phi) is 3.39. The summed E-state index contributed by atoms with van der Waals surface area (Å²) >= 11 is 0. The number of nitrogen functional groups attached to an aromatic ring is 1. The highest BCUT2D eigenvalue weighted by atomic mass is 16.2. The molecule has 2 aromatic carbocycles. The average Bonchev–Trinajstić information content (AvgIpc) is 2.89. The van der Waals surface area contributed by atoms with Gasteiger partial charge in [-0.25, -0.2) is 5.84 Å². The van der Waals surface area contributed by atoms with Crippen molar-refractivity contribution in [3.8, 4) is 0 Å². The van der Waals surface area contributed by atoms with Crippen molar-refractivity contribution in [3.63, 3.8) is 0 Å². The molecule has 20 heavy (non-hydrogen) atoms. The van der Waals surface area contributed by atoms with Crippen LogP contribution in [-0.2, 0) is 12.8 Å². The molecule has 0 saturated carbocycles. The molecule has 4 N–H and O–H groups in total. The lowest BCUT2D eigenvalue weighted by Crippen LogP contribution is -2.29. The number of nitrogens with one attached hydrogen (secondary N) is 2. The number of amides is 1. The van der Waals surface area contributed by atoms with Crippen molar-refractivity contribution in [2.45, 2.75) is 18.9 Å². The molecule has 1 aliphatic rings. The molecule has 2 aromatic rings. The minimum absolute atomic E-state index is 0.273. The molecular weight excluding hydrogens is 250 g/mol. The van der Waals surface area contributed by atoms with Crippen molar-refractivity contribution >= 4 is 11.6 Å². The molecule has 0 unspecified atom stereocenters. The van der Waals surface area contributed by atoms with E-state index in [-0.39, 0.29) is 5.91 Å². The Labute approximate surface area is 118 Å². The predicted octanol–water partition coefficient (Wildman–Crippen LogP) is 1.87. The van der Waals surface area contributed by atoms with Crippen LogP contribution < -0.4 is 16.6 Å². The van der Waals surface area contributed by atoms with Gasteiger partial charge in [0.15, 0.2) is 0 Å². The molecule has 0 aliphatic heterocycles. The second-order valence-corrected chi connectivity index (χ2v) is 5.07. The molecule has 0 fully saturated rings. The third-order valence-electron chi connectivity index (χ3n) is 3.70. The maximum atomic E-state index is 11.4. The fourth-order valence-electron chi connectivity index (χ4n) is 2.70. The van der Waals surface area contributed by atoms with Crippen LogP contribution in [0.5, 0.6) is 0 Å². The summed E-state index contributed by atoms with van der Waals surface area (Å²) in [4.78, 5) is 11.4. The topological polar surface area (TPSA) is 67.1 Å². The SMILES string of the molecule is NNC(=O)c1ccc(NC2Cc3ccccc3C2)cc1. The third-order valence-corrected chi connectivity index (χ3v) is 3.70. The molecule has 0 spiro atoms. The van der Waals surface area contributed by atoms with E-state index in [0.29, 0.717) is 11.6 Å². The number of benzene rings is 2. The number of rotatable bonds is 3. The fourth-order valence-corrected chi connectivity index (χ4v) is 2.70. The molecule has 102 valence electrons. The van der Waals surface area contributed by atoms with Gasteiger partial charge in [0, 0.05) is 17.3 Å². The Bertz CT molecular complexity index is 597. The molecule has 0 saturated heterocycles. The van der Waals surface area contributed by atoms with Gasteiger partial charge in [-0.1, -0.05) is 24.3 Å². The molecular formula is C16H17N3O. The second-order valence-electron chi connectivity index (χ2n) is 5.07. The van der Waals surface area contributed by atoms with Gasteiger partial charge in [-0.15, -0.1) is 0 Å². The zero-order chi connectivity index (χ0) is 13.9. The van der Waals surface area contributed by atoms with Gasteiger partial charge < -0.3 is 5.32 Å². The summed E-state index contributed by atoms with van der Waals surface area (Å²) in [5, 5.41) is 3.51. The first-order chi connectivity index (χ1) is 9.76. The van der Waals surface area contributed by atoms with Crippen molar-refractivity contribution in [2.75, 3.05) is 5.32 Å².